The van der Waals surface area contributed by atoms with Crippen molar-refractivity contribution in [2.75, 3.05) is 25.0 Å². The summed E-state index contributed by atoms with van der Waals surface area (Å²) < 4.78 is 0. The van der Waals surface area contributed by atoms with Crippen LogP contribution in [-0.4, -0.2) is 40.4 Å². The molecule has 1 N–H and O–H groups in total. The number of carbonyl (C=O) groups is 1. The minimum absolute atomic E-state index is 0.155. The van der Waals surface area contributed by atoms with E-state index in [2.05, 4.69) is 15.3 Å². The zero-order chi connectivity index (χ0) is 18.6. The normalized spacial score (nSPS) is 17.4. The Hall–Kier alpha value is -2.43. The molecule has 0 radical (unpaired) electrons. The van der Waals surface area contributed by atoms with Crippen LogP contribution in [0.15, 0.2) is 30.3 Å². The molecule has 1 fully saturated rings. The maximum atomic E-state index is 12.6. The zero-order valence-corrected chi connectivity index (χ0v) is 16.1. The first-order valence-corrected chi connectivity index (χ1v) is 10.2. The largest absolute Gasteiger partial charge is 0.369 e. The molecule has 2 aliphatic rings. The van der Waals surface area contributed by atoms with Gasteiger partial charge in [0.05, 0.1) is 0 Å². The van der Waals surface area contributed by atoms with Gasteiger partial charge in [-0.3, -0.25) is 4.79 Å². The third-order valence-electron chi connectivity index (χ3n) is 5.78. The molecule has 5 nitrogen and oxygen atoms in total. The van der Waals surface area contributed by atoms with Crippen LogP contribution in [0.5, 0.6) is 0 Å². The summed E-state index contributed by atoms with van der Waals surface area (Å²) >= 11 is 0. The van der Waals surface area contributed by atoms with Crippen molar-refractivity contribution in [3.05, 3.63) is 53.0 Å². The van der Waals surface area contributed by atoms with Gasteiger partial charge in [0, 0.05) is 36.5 Å². The lowest BCUT2D eigenvalue weighted by molar-refractivity contribution is 0.0695. The highest BCUT2D eigenvalue weighted by molar-refractivity contribution is 5.94. The van der Waals surface area contributed by atoms with E-state index in [1.54, 1.807) is 0 Å². The molecular formula is C22H28N4O. The van der Waals surface area contributed by atoms with Crippen molar-refractivity contribution in [1.82, 2.24) is 14.9 Å². The Morgan fingerprint density at radius 2 is 1.85 bits per heavy atom. The van der Waals surface area contributed by atoms with Gasteiger partial charge in [0.25, 0.3) is 5.91 Å². The van der Waals surface area contributed by atoms with Crippen LogP contribution >= 0.6 is 0 Å². The Labute approximate surface area is 161 Å². The number of amides is 1. The van der Waals surface area contributed by atoms with Crippen LogP contribution in [0, 0.1) is 12.8 Å². The smallest absolute Gasteiger partial charge is 0.253 e. The molecule has 1 aliphatic heterocycles. The van der Waals surface area contributed by atoms with Crippen LogP contribution in [0.2, 0.25) is 0 Å². The number of aryl methyl sites for hydroxylation is 2. The fraction of sp³-hybridized carbons (Fsp3) is 0.500. The lowest BCUT2D eigenvalue weighted by atomic mass is 9.94. The zero-order valence-electron chi connectivity index (χ0n) is 16.1. The molecule has 0 spiro atoms. The van der Waals surface area contributed by atoms with E-state index in [4.69, 9.17) is 0 Å². The number of anilines is 1. The number of hydrogen-bond acceptors (Lipinski definition) is 4. The highest BCUT2D eigenvalue weighted by atomic mass is 16.2. The number of rotatable bonds is 4. The van der Waals surface area contributed by atoms with E-state index in [1.807, 2.05) is 42.2 Å². The van der Waals surface area contributed by atoms with Gasteiger partial charge in [-0.05, 0) is 63.5 Å². The number of carbonyl (C=O) groups excluding carboxylic acids is 1. The number of fused-ring (bicyclic) bond motifs is 1. The minimum Gasteiger partial charge on any atom is -0.369 e. The van der Waals surface area contributed by atoms with Crippen molar-refractivity contribution in [2.24, 2.45) is 5.92 Å². The number of aromatic nitrogens is 2. The fourth-order valence-corrected chi connectivity index (χ4v) is 4.21. The van der Waals surface area contributed by atoms with Crippen LogP contribution in [0.3, 0.4) is 0 Å². The molecule has 0 saturated carbocycles. The van der Waals surface area contributed by atoms with Crippen molar-refractivity contribution < 1.29 is 4.79 Å². The van der Waals surface area contributed by atoms with Crippen molar-refractivity contribution in [3.63, 3.8) is 0 Å². The summed E-state index contributed by atoms with van der Waals surface area (Å²) in [7, 11) is 0. The molecule has 1 saturated heterocycles. The van der Waals surface area contributed by atoms with Crippen LogP contribution in [0.1, 0.15) is 53.1 Å². The van der Waals surface area contributed by atoms with Crippen molar-refractivity contribution in [1.29, 1.82) is 0 Å². The molecule has 0 atom stereocenters. The van der Waals surface area contributed by atoms with Crippen molar-refractivity contribution >= 4 is 11.7 Å². The van der Waals surface area contributed by atoms with Gasteiger partial charge < -0.3 is 10.2 Å². The number of benzene rings is 1. The quantitative estimate of drug-likeness (QED) is 0.900. The Kier molecular flexibility index (Phi) is 5.37. The molecule has 5 heteroatoms. The third-order valence-corrected chi connectivity index (χ3v) is 5.78. The number of nitrogens with one attached hydrogen (secondary N) is 1. The van der Waals surface area contributed by atoms with E-state index in [9.17, 15) is 4.79 Å². The van der Waals surface area contributed by atoms with Gasteiger partial charge in [-0.15, -0.1) is 0 Å². The molecule has 0 unspecified atom stereocenters. The third kappa shape index (κ3) is 4.12. The van der Waals surface area contributed by atoms with E-state index < -0.39 is 0 Å². The number of piperidine rings is 1. The molecule has 1 aromatic heterocycles. The highest BCUT2D eigenvalue weighted by Gasteiger charge is 2.24. The molecule has 142 valence electrons. The first-order chi connectivity index (χ1) is 13.2. The topological polar surface area (TPSA) is 58.1 Å². The summed E-state index contributed by atoms with van der Waals surface area (Å²) in [5.74, 6) is 2.64. The lowest BCUT2D eigenvalue weighted by Gasteiger charge is -2.32. The maximum Gasteiger partial charge on any atom is 0.253 e. The maximum absolute atomic E-state index is 12.6. The van der Waals surface area contributed by atoms with E-state index in [0.717, 1.165) is 62.5 Å². The van der Waals surface area contributed by atoms with Crippen molar-refractivity contribution in [2.45, 2.75) is 45.4 Å². The molecular weight excluding hydrogens is 336 g/mol. The number of nitrogens with zero attached hydrogens (tertiary/aromatic N) is 3. The van der Waals surface area contributed by atoms with Gasteiger partial charge >= 0.3 is 0 Å². The lowest BCUT2D eigenvalue weighted by Crippen LogP contribution is -2.40. The van der Waals surface area contributed by atoms with Gasteiger partial charge in [0.2, 0.25) is 0 Å². The van der Waals surface area contributed by atoms with Crippen LogP contribution in [-0.2, 0) is 12.8 Å². The Morgan fingerprint density at radius 3 is 2.63 bits per heavy atom. The second-order valence-electron chi connectivity index (χ2n) is 7.73. The first-order valence-electron chi connectivity index (χ1n) is 10.2. The molecule has 27 heavy (non-hydrogen) atoms. The molecule has 2 heterocycles. The van der Waals surface area contributed by atoms with Gasteiger partial charge in [-0.2, -0.15) is 0 Å². The molecule has 4 rings (SSSR count). The van der Waals surface area contributed by atoms with Gasteiger partial charge in [0.15, 0.2) is 0 Å². The minimum atomic E-state index is 0.155. The summed E-state index contributed by atoms with van der Waals surface area (Å²) in [5.41, 5.74) is 3.35. The second-order valence-corrected chi connectivity index (χ2v) is 7.73. The second kappa shape index (κ2) is 8.07. The average molecular weight is 364 g/mol. The summed E-state index contributed by atoms with van der Waals surface area (Å²) in [6, 6.07) is 9.60. The summed E-state index contributed by atoms with van der Waals surface area (Å²) in [6.07, 6.45) is 6.70. The van der Waals surface area contributed by atoms with Gasteiger partial charge in [-0.25, -0.2) is 9.97 Å². The van der Waals surface area contributed by atoms with Gasteiger partial charge in [-0.1, -0.05) is 18.2 Å². The fourth-order valence-electron chi connectivity index (χ4n) is 4.21. The molecule has 1 aromatic carbocycles. The molecule has 1 amide bonds. The van der Waals surface area contributed by atoms with Crippen LogP contribution in [0.25, 0.3) is 0 Å². The Balaban J connectivity index is 1.33. The van der Waals surface area contributed by atoms with E-state index in [1.165, 1.54) is 24.1 Å². The molecule has 0 bridgehead atoms. The van der Waals surface area contributed by atoms with E-state index in [-0.39, 0.29) is 5.91 Å². The first kappa shape index (κ1) is 18.0. The number of likely N-dealkylation sites (tertiary alicyclic amines) is 1. The molecule has 1 aliphatic carbocycles. The van der Waals surface area contributed by atoms with E-state index in [0.29, 0.717) is 5.92 Å². The van der Waals surface area contributed by atoms with Crippen molar-refractivity contribution in [3.8, 4) is 0 Å². The number of hydrogen-bond donors (Lipinski definition) is 1. The SMILES string of the molecule is Cc1nc2c(c(NCC3CCN(C(=O)c4ccccc4)CC3)n1)CCCC2. The predicted molar refractivity (Wildman–Crippen MR) is 107 cm³/mol. The van der Waals surface area contributed by atoms with E-state index >= 15 is 0 Å². The summed E-state index contributed by atoms with van der Waals surface area (Å²) in [6.45, 7) is 4.58. The van der Waals surface area contributed by atoms with Crippen LogP contribution in [0.4, 0.5) is 5.82 Å². The van der Waals surface area contributed by atoms with Crippen LogP contribution < -0.4 is 5.32 Å². The Bertz CT molecular complexity index is 797. The van der Waals surface area contributed by atoms with Gasteiger partial charge in [0.1, 0.15) is 11.6 Å². The summed E-state index contributed by atoms with van der Waals surface area (Å²) in [4.78, 5) is 23.9. The Morgan fingerprint density at radius 1 is 1.11 bits per heavy atom. The standard InChI is InChI=1S/C22H28N4O/c1-16-24-20-10-6-5-9-19(20)21(25-16)23-15-17-11-13-26(14-12-17)22(27)18-7-3-2-4-8-18/h2-4,7-8,17H,5-6,9-15H2,1H3,(H,23,24,25). The highest BCUT2D eigenvalue weighted by Crippen LogP contribution is 2.26. The summed E-state index contributed by atoms with van der Waals surface area (Å²) in [5, 5.41) is 3.60. The monoisotopic (exact) mass is 364 g/mol. The molecule has 2 aromatic rings. The average Bonchev–Trinajstić information content (AvgIpc) is 2.72. The predicted octanol–water partition coefficient (Wildman–Crippen LogP) is 3.63.